The zero-order valence-corrected chi connectivity index (χ0v) is 11.4. The van der Waals surface area contributed by atoms with E-state index in [1.54, 1.807) is 0 Å². The average Bonchev–Trinajstić information content (AvgIpc) is 2.52. The monoisotopic (exact) mass is 333 g/mol. The van der Waals surface area contributed by atoms with Crippen molar-refractivity contribution in [3.8, 4) is 5.75 Å². The molecule has 2 aromatic carbocycles. The number of benzene rings is 2. The number of ether oxygens (including phenoxy) is 1. The van der Waals surface area contributed by atoms with Gasteiger partial charge in [-0.1, -0.05) is 6.07 Å². The lowest BCUT2D eigenvalue weighted by Gasteiger charge is -2.31. The summed E-state index contributed by atoms with van der Waals surface area (Å²) in [6.07, 6.45) is -4.52. The van der Waals surface area contributed by atoms with E-state index in [2.05, 4.69) is 0 Å². The molecule has 0 N–H and O–H groups in total. The highest BCUT2D eigenvalue weighted by Crippen LogP contribution is 2.35. The van der Waals surface area contributed by atoms with Gasteiger partial charge in [-0.05, 0) is 18.2 Å². The van der Waals surface area contributed by atoms with Crippen molar-refractivity contribution in [2.45, 2.75) is 12.7 Å². The number of hydrogen-bond donors (Lipinski definition) is 0. The van der Waals surface area contributed by atoms with E-state index in [4.69, 9.17) is 4.74 Å². The van der Waals surface area contributed by atoms with E-state index in [1.807, 2.05) is 0 Å². The topological polar surface area (TPSA) is 12.5 Å². The Morgan fingerprint density at radius 3 is 2.43 bits per heavy atom. The van der Waals surface area contributed by atoms with E-state index in [0.29, 0.717) is 0 Å². The molecule has 3 rings (SSSR count). The van der Waals surface area contributed by atoms with Crippen molar-refractivity contribution in [3.05, 3.63) is 58.9 Å². The normalized spacial score (nSPS) is 14.4. The Morgan fingerprint density at radius 1 is 1.00 bits per heavy atom. The molecule has 0 atom stereocenters. The van der Waals surface area contributed by atoms with E-state index in [0.717, 1.165) is 18.2 Å². The SMILES string of the molecule is Fc1cc2c(c(F)c1F)CN(c1cccc(C(F)(F)F)c1)CO2. The van der Waals surface area contributed by atoms with Crippen molar-refractivity contribution in [3.63, 3.8) is 0 Å². The highest BCUT2D eigenvalue weighted by Gasteiger charge is 2.32. The van der Waals surface area contributed by atoms with Gasteiger partial charge in [0.25, 0.3) is 0 Å². The third kappa shape index (κ3) is 2.80. The Labute approximate surface area is 126 Å². The largest absolute Gasteiger partial charge is 0.473 e. The van der Waals surface area contributed by atoms with Gasteiger partial charge in [0.15, 0.2) is 24.2 Å². The molecule has 1 aliphatic rings. The number of nitrogens with zero attached hydrogens (tertiary/aromatic N) is 1. The van der Waals surface area contributed by atoms with Crippen LogP contribution in [0.25, 0.3) is 0 Å². The Morgan fingerprint density at radius 2 is 1.74 bits per heavy atom. The maximum Gasteiger partial charge on any atom is 0.416 e. The Kier molecular flexibility index (Phi) is 3.62. The molecule has 0 aromatic heterocycles. The minimum Gasteiger partial charge on any atom is -0.473 e. The van der Waals surface area contributed by atoms with Gasteiger partial charge in [0.05, 0.1) is 17.7 Å². The number of anilines is 1. The number of fused-ring (bicyclic) bond motifs is 1. The fourth-order valence-corrected chi connectivity index (χ4v) is 2.32. The van der Waals surface area contributed by atoms with Gasteiger partial charge in [0, 0.05) is 11.8 Å². The highest BCUT2D eigenvalue weighted by molar-refractivity contribution is 5.52. The van der Waals surface area contributed by atoms with E-state index in [1.165, 1.54) is 17.0 Å². The molecular weight excluding hydrogens is 324 g/mol. The molecule has 0 saturated heterocycles. The number of alkyl halides is 3. The van der Waals surface area contributed by atoms with E-state index < -0.39 is 29.2 Å². The van der Waals surface area contributed by atoms with Crippen LogP contribution in [-0.4, -0.2) is 6.73 Å². The van der Waals surface area contributed by atoms with Crippen LogP contribution in [0.5, 0.6) is 5.75 Å². The number of rotatable bonds is 1. The first-order chi connectivity index (χ1) is 10.8. The molecule has 0 radical (unpaired) electrons. The quantitative estimate of drug-likeness (QED) is 0.564. The van der Waals surface area contributed by atoms with Crippen molar-refractivity contribution >= 4 is 5.69 Å². The molecule has 122 valence electrons. The molecule has 0 amide bonds. The summed E-state index contributed by atoms with van der Waals surface area (Å²) in [5, 5.41) is 0. The van der Waals surface area contributed by atoms with Crippen molar-refractivity contribution in [2.24, 2.45) is 0 Å². The summed E-state index contributed by atoms with van der Waals surface area (Å²) < 4.78 is 83.6. The summed E-state index contributed by atoms with van der Waals surface area (Å²) in [6, 6.07) is 5.10. The van der Waals surface area contributed by atoms with Crippen LogP contribution in [0.2, 0.25) is 0 Å². The van der Waals surface area contributed by atoms with Crippen molar-refractivity contribution in [1.29, 1.82) is 0 Å². The van der Waals surface area contributed by atoms with Gasteiger partial charge >= 0.3 is 6.18 Å². The van der Waals surface area contributed by atoms with Crippen LogP contribution < -0.4 is 9.64 Å². The van der Waals surface area contributed by atoms with Crippen LogP contribution in [-0.2, 0) is 12.7 Å². The first-order valence-electron chi connectivity index (χ1n) is 6.49. The van der Waals surface area contributed by atoms with Crippen LogP contribution in [0, 0.1) is 17.5 Å². The second-order valence-electron chi connectivity index (χ2n) is 4.98. The molecule has 2 nitrogen and oxygen atoms in total. The van der Waals surface area contributed by atoms with Crippen LogP contribution in [0.1, 0.15) is 11.1 Å². The van der Waals surface area contributed by atoms with Gasteiger partial charge in [0.1, 0.15) is 5.75 Å². The van der Waals surface area contributed by atoms with Gasteiger partial charge in [-0.3, -0.25) is 0 Å². The van der Waals surface area contributed by atoms with Crippen LogP contribution in [0.3, 0.4) is 0 Å². The van der Waals surface area contributed by atoms with Crippen LogP contribution in [0.15, 0.2) is 30.3 Å². The molecule has 0 spiro atoms. The minimum absolute atomic E-state index is 0.134. The molecule has 1 heterocycles. The van der Waals surface area contributed by atoms with E-state index in [-0.39, 0.29) is 30.3 Å². The average molecular weight is 333 g/mol. The maximum absolute atomic E-state index is 13.8. The molecule has 0 fully saturated rings. The van der Waals surface area contributed by atoms with Gasteiger partial charge in [-0.2, -0.15) is 13.2 Å². The molecule has 8 heteroatoms. The predicted molar refractivity (Wildman–Crippen MR) is 69.4 cm³/mol. The first-order valence-corrected chi connectivity index (χ1v) is 6.49. The lowest BCUT2D eigenvalue weighted by molar-refractivity contribution is -0.137. The number of halogens is 6. The third-order valence-corrected chi connectivity index (χ3v) is 3.49. The molecule has 0 unspecified atom stereocenters. The Balaban J connectivity index is 1.95. The molecule has 0 aliphatic carbocycles. The Hall–Kier alpha value is -2.38. The van der Waals surface area contributed by atoms with Gasteiger partial charge in [0.2, 0.25) is 0 Å². The maximum atomic E-state index is 13.8. The standard InChI is InChI=1S/C15H9F6NO/c16-11-5-12-10(13(17)14(11)18)6-22(7-23-12)9-3-1-2-8(4-9)15(19,20)21/h1-5H,6-7H2. The number of hydrogen-bond acceptors (Lipinski definition) is 2. The van der Waals surface area contributed by atoms with E-state index in [9.17, 15) is 26.3 Å². The lowest BCUT2D eigenvalue weighted by Crippen LogP contribution is -2.33. The molecule has 1 aliphatic heterocycles. The van der Waals surface area contributed by atoms with Crippen molar-refractivity contribution in [1.82, 2.24) is 0 Å². The Bertz CT molecular complexity index is 758. The van der Waals surface area contributed by atoms with E-state index >= 15 is 0 Å². The lowest BCUT2D eigenvalue weighted by atomic mass is 10.1. The molecular formula is C15H9F6NO. The summed E-state index contributed by atoms with van der Waals surface area (Å²) in [5.74, 6) is -4.59. The van der Waals surface area contributed by atoms with Crippen molar-refractivity contribution in [2.75, 3.05) is 11.6 Å². The summed E-state index contributed by atoms with van der Waals surface area (Å²) >= 11 is 0. The smallest absolute Gasteiger partial charge is 0.416 e. The van der Waals surface area contributed by atoms with Crippen LogP contribution in [0.4, 0.5) is 32.0 Å². The molecule has 2 aromatic rings. The fraction of sp³-hybridized carbons (Fsp3) is 0.200. The third-order valence-electron chi connectivity index (χ3n) is 3.49. The second kappa shape index (κ2) is 5.36. The second-order valence-corrected chi connectivity index (χ2v) is 4.98. The molecule has 23 heavy (non-hydrogen) atoms. The summed E-state index contributed by atoms with van der Waals surface area (Å²) in [6.45, 7) is -0.446. The summed E-state index contributed by atoms with van der Waals surface area (Å²) in [7, 11) is 0. The van der Waals surface area contributed by atoms with Crippen molar-refractivity contribution < 1.29 is 31.1 Å². The van der Waals surface area contributed by atoms with Crippen LogP contribution >= 0.6 is 0 Å². The predicted octanol–water partition coefficient (Wildman–Crippen LogP) is 4.48. The van der Waals surface area contributed by atoms with Gasteiger partial charge < -0.3 is 9.64 Å². The summed E-state index contributed by atoms with van der Waals surface area (Å²) in [4.78, 5) is 1.29. The summed E-state index contributed by atoms with van der Waals surface area (Å²) in [5.41, 5.74) is -0.978. The molecule has 0 saturated carbocycles. The zero-order chi connectivity index (χ0) is 16.8. The zero-order valence-electron chi connectivity index (χ0n) is 11.4. The molecule has 0 bridgehead atoms. The van der Waals surface area contributed by atoms with Gasteiger partial charge in [-0.25, -0.2) is 13.2 Å². The fourth-order valence-electron chi connectivity index (χ4n) is 2.32. The minimum atomic E-state index is -4.52. The van der Waals surface area contributed by atoms with Gasteiger partial charge in [-0.15, -0.1) is 0 Å². The first kappa shape index (κ1) is 15.5. The highest BCUT2D eigenvalue weighted by atomic mass is 19.4.